The highest BCUT2D eigenvalue weighted by atomic mass is 32.2. The van der Waals surface area contributed by atoms with Crippen LogP contribution in [0.4, 0.5) is 0 Å². The standard InChI is InChI=1S/C11H17N3O3S/c1-18(15,16)8-3-2-6-11(8,12)10-13-9(17-14-10)7-4-5-7/h7-8H,2-6,12H2,1H3. The largest absolute Gasteiger partial charge is 0.339 e. The van der Waals surface area contributed by atoms with Crippen LogP contribution in [-0.2, 0) is 15.4 Å². The van der Waals surface area contributed by atoms with Gasteiger partial charge in [0, 0.05) is 12.2 Å². The van der Waals surface area contributed by atoms with Gasteiger partial charge in [0.1, 0.15) is 0 Å². The molecule has 2 unspecified atom stereocenters. The molecule has 7 heteroatoms. The maximum atomic E-state index is 11.8. The lowest BCUT2D eigenvalue weighted by Gasteiger charge is -2.26. The van der Waals surface area contributed by atoms with Crippen molar-refractivity contribution >= 4 is 9.84 Å². The first-order chi connectivity index (χ1) is 8.41. The number of sulfone groups is 1. The first-order valence-corrected chi connectivity index (χ1v) is 8.18. The molecule has 1 aromatic heterocycles. The normalized spacial score (nSPS) is 32.9. The smallest absolute Gasteiger partial charge is 0.229 e. The average molecular weight is 271 g/mol. The molecule has 0 spiro atoms. The van der Waals surface area contributed by atoms with Crippen LogP contribution in [0, 0.1) is 0 Å². The molecule has 2 atom stereocenters. The predicted octanol–water partition coefficient (Wildman–Crippen LogP) is 0.698. The van der Waals surface area contributed by atoms with Crippen molar-refractivity contribution in [2.24, 2.45) is 5.73 Å². The number of hydrogen-bond donors (Lipinski definition) is 1. The molecule has 6 nitrogen and oxygen atoms in total. The summed E-state index contributed by atoms with van der Waals surface area (Å²) in [4.78, 5) is 4.32. The molecule has 2 saturated carbocycles. The van der Waals surface area contributed by atoms with Crippen LogP contribution in [0.1, 0.15) is 49.7 Å². The van der Waals surface area contributed by atoms with Crippen molar-refractivity contribution in [2.75, 3.05) is 6.26 Å². The fraction of sp³-hybridized carbons (Fsp3) is 0.818. The Labute approximate surface area is 106 Å². The molecule has 18 heavy (non-hydrogen) atoms. The Morgan fingerprint density at radius 2 is 2.11 bits per heavy atom. The Morgan fingerprint density at radius 1 is 1.39 bits per heavy atom. The lowest BCUT2D eigenvalue weighted by Crippen LogP contribution is -2.48. The Balaban J connectivity index is 1.96. The van der Waals surface area contributed by atoms with E-state index < -0.39 is 20.6 Å². The zero-order valence-corrected chi connectivity index (χ0v) is 11.1. The molecule has 2 aliphatic carbocycles. The van der Waals surface area contributed by atoms with Crippen LogP contribution in [0.3, 0.4) is 0 Å². The van der Waals surface area contributed by atoms with Crippen LogP contribution >= 0.6 is 0 Å². The van der Waals surface area contributed by atoms with Gasteiger partial charge in [0.25, 0.3) is 0 Å². The van der Waals surface area contributed by atoms with Gasteiger partial charge in [-0.05, 0) is 32.1 Å². The molecular weight excluding hydrogens is 254 g/mol. The van der Waals surface area contributed by atoms with Crippen molar-refractivity contribution in [1.29, 1.82) is 0 Å². The molecule has 2 fully saturated rings. The molecule has 3 rings (SSSR count). The van der Waals surface area contributed by atoms with E-state index in [9.17, 15) is 8.42 Å². The van der Waals surface area contributed by atoms with Gasteiger partial charge >= 0.3 is 0 Å². The second-order valence-corrected chi connectivity index (χ2v) is 7.71. The third kappa shape index (κ3) is 1.85. The van der Waals surface area contributed by atoms with Crippen molar-refractivity contribution in [3.63, 3.8) is 0 Å². The van der Waals surface area contributed by atoms with Crippen molar-refractivity contribution < 1.29 is 12.9 Å². The van der Waals surface area contributed by atoms with E-state index in [-0.39, 0.29) is 0 Å². The molecule has 0 radical (unpaired) electrons. The molecule has 1 aromatic rings. The lowest BCUT2D eigenvalue weighted by atomic mass is 9.98. The summed E-state index contributed by atoms with van der Waals surface area (Å²) in [5.41, 5.74) is 5.30. The van der Waals surface area contributed by atoms with Crippen molar-refractivity contribution in [3.05, 3.63) is 11.7 Å². The van der Waals surface area contributed by atoms with Crippen LogP contribution in [-0.4, -0.2) is 30.1 Å². The summed E-state index contributed by atoms with van der Waals surface area (Å²) in [6, 6.07) is 0. The van der Waals surface area contributed by atoms with E-state index in [4.69, 9.17) is 10.3 Å². The van der Waals surface area contributed by atoms with Crippen LogP contribution in [0.25, 0.3) is 0 Å². The van der Waals surface area contributed by atoms with Crippen molar-refractivity contribution in [1.82, 2.24) is 10.1 Å². The summed E-state index contributed by atoms with van der Waals surface area (Å²) in [5.74, 6) is 1.32. The summed E-state index contributed by atoms with van der Waals surface area (Å²) in [6.45, 7) is 0. The topological polar surface area (TPSA) is 99.1 Å². The molecule has 0 amide bonds. The fourth-order valence-corrected chi connectivity index (χ4v) is 4.35. The van der Waals surface area contributed by atoms with Gasteiger partial charge < -0.3 is 10.3 Å². The van der Waals surface area contributed by atoms with E-state index in [1.165, 1.54) is 6.26 Å². The molecule has 0 aromatic carbocycles. The SMILES string of the molecule is CS(=O)(=O)C1CCCC1(N)c1noc(C2CC2)n1. The van der Waals surface area contributed by atoms with E-state index in [1.54, 1.807) is 0 Å². The first kappa shape index (κ1) is 12.1. The average Bonchev–Trinajstić information content (AvgIpc) is 2.86. The van der Waals surface area contributed by atoms with Gasteiger partial charge in [-0.2, -0.15) is 4.98 Å². The zero-order valence-electron chi connectivity index (χ0n) is 10.3. The van der Waals surface area contributed by atoms with Gasteiger partial charge in [0.2, 0.25) is 5.89 Å². The van der Waals surface area contributed by atoms with Gasteiger partial charge in [-0.3, -0.25) is 0 Å². The van der Waals surface area contributed by atoms with Gasteiger partial charge in [-0.15, -0.1) is 0 Å². The van der Waals surface area contributed by atoms with Crippen LogP contribution in [0.2, 0.25) is 0 Å². The minimum Gasteiger partial charge on any atom is -0.339 e. The molecule has 0 bridgehead atoms. The van der Waals surface area contributed by atoms with E-state index >= 15 is 0 Å². The fourth-order valence-electron chi connectivity index (χ4n) is 2.77. The molecule has 2 aliphatic rings. The molecule has 2 N–H and O–H groups in total. The third-order valence-corrected chi connectivity index (χ3v) is 5.62. The van der Waals surface area contributed by atoms with E-state index in [0.29, 0.717) is 30.5 Å². The summed E-state index contributed by atoms with van der Waals surface area (Å²) in [5, 5.41) is 3.32. The Bertz CT molecular complexity index is 564. The highest BCUT2D eigenvalue weighted by Gasteiger charge is 2.50. The molecule has 100 valence electrons. The zero-order chi connectivity index (χ0) is 13.0. The van der Waals surface area contributed by atoms with E-state index in [0.717, 1.165) is 19.3 Å². The Kier molecular flexibility index (Phi) is 2.54. The molecule has 0 saturated heterocycles. The Hall–Kier alpha value is -0.950. The number of hydrogen-bond acceptors (Lipinski definition) is 6. The summed E-state index contributed by atoms with van der Waals surface area (Å²) in [7, 11) is -3.20. The van der Waals surface area contributed by atoms with E-state index in [1.807, 2.05) is 0 Å². The predicted molar refractivity (Wildman–Crippen MR) is 64.6 cm³/mol. The van der Waals surface area contributed by atoms with Crippen LogP contribution < -0.4 is 5.73 Å². The second-order valence-electron chi connectivity index (χ2n) is 5.48. The van der Waals surface area contributed by atoms with Crippen LogP contribution in [0.15, 0.2) is 4.52 Å². The van der Waals surface area contributed by atoms with E-state index in [2.05, 4.69) is 10.1 Å². The number of rotatable bonds is 3. The van der Waals surface area contributed by atoms with Crippen LogP contribution in [0.5, 0.6) is 0 Å². The minimum absolute atomic E-state index is 0.355. The summed E-state index contributed by atoms with van der Waals surface area (Å²) < 4.78 is 28.8. The first-order valence-electron chi connectivity index (χ1n) is 6.23. The number of aromatic nitrogens is 2. The maximum absolute atomic E-state index is 11.8. The van der Waals surface area contributed by atoms with Crippen molar-refractivity contribution in [2.45, 2.75) is 48.8 Å². The van der Waals surface area contributed by atoms with Gasteiger partial charge in [-0.25, -0.2) is 8.42 Å². The van der Waals surface area contributed by atoms with Gasteiger partial charge in [-0.1, -0.05) is 5.16 Å². The molecule has 0 aliphatic heterocycles. The third-order valence-electron chi connectivity index (χ3n) is 3.93. The lowest BCUT2D eigenvalue weighted by molar-refractivity contribution is 0.349. The second kappa shape index (κ2) is 3.77. The van der Waals surface area contributed by atoms with Gasteiger partial charge in [0.15, 0.2) is 15.7 Å². The summed E-state index contributed by atoms with van der Waals surface area (Å²) in [6.07, 6.45) is 5.30. The quantitative estimate of drug-likeness (QED) is 0.868. The summed E-state index contributed by atoms with van der Waals surface area (Å²) >= 11 is 0. The molecular formula is C11H17N3O3S. The Morgan fingerprint density at radius 3 is 2.72 bits per heavy atom. The number of nitrogens with zero attached hydrogens (tertiary/aromatic N) is 2. The highest BCUT2D eigenvalue weighted by molar-refractivity contribution is 7.91. The van der Waals surface area contributed by atoms with Crippen molar-refractivity contribution in [3.8, 4) is 0 Å². The minimum atomic E-state index is -3.20. The number of nitrogens with two attached hydrogens (primary N) is 1. The maximum Gasteiger partial charge on any atom is 0.229 e. The molecule has 1 heterocycles. The van der Waals surface area contributed by atoms with Gasteiger partial charge in [0.05, 0.1) is 10.8 Å². The highest BCUT2D eigenvalue weighted by Crippen LogP contribution is 2.42. The monoisotopic (exact) mass is 271 g/mol.